The van der Waals surface area contributed by atoms with E-state index in [0.29, 0.717) is 32.3 Å². The SMILES string of the molecule is CCNC(=NCC(C)COCc1ccccc1)NCCNS(=O)(=O)c1ccccc1.I. The van der Waals surface area contributed by atoms with Gasteiger partial charge in [0.15, 0.2) is 5.96 Å². The second-order valence-corrected chi connectivity index (χ2v) is 8.73. The van der Waals surface area contributed by atoms with Gasteiger partial charge >= 0.3 is 0 Å². The third kappa shape index (κ3) is 10.9. The summed E-state index contributed by atoms with van der Waals surface area (Å²) >= 11 is 0. The van der Waals surface area contributed by atoms with Crippen molar-refractivity contribution >= 4 is 40.0 Å². The van der Waals surface area contributed by atoms with Crippen LogP contribution in [-0.4, -0.2) is 47.2 Å². The van der Waals surface area contributed by atoms with Crippen molar-refractivity contribution in [3.63, 3.8) is 0 Å². The number of rotatable bonds is 12. The lowest BCUT2D eigenvalue weighted by Gasteiger charge is -2.14. The number of nitrogens with one attached hydrogen (secondary N) is 3. The van der Waals surface area contributed by atoms with Crippen LogP contribution in [-0.2, 0) is 21.4 Å². The molecule has 2 rings (SSSR count). The van der Waals surface area contributed by atoms with Gasteiger partial charge in [0.05, 0.1) is 18.1 Å². The molecule has 0 saturated heterocycles. The highest BCUT2D eigenvalue weighted by molar-refractivity contribution is 14.0. The van der Waals surface area contributed by atoms with E-state index >= 15 is 0 Å². The van der Waals surface area contributed by atoms with Gasteiger partial charge in [-0.1, -0.05) is 55.5 Å². The highest BCUT2D eigenvalue weighted by atomic mass is 127. The molecule has 1 atom stereocenters. The van der Waals surface area contributed by atoms with E-state index in [1.165, 1.54) is 0 Å². The predicted octanol–water partition coefficient (Wildman–Crippen LogP) is 2.99. The van der Waals surface area contributed by atoms with E-state index in [2.05, 4.69) is 27.3 Å². The Bertz CT molecular complexity index is 865. The van der Waals surface area contributed by atoms with Gasteiger partial charge in [0.25, 0.3) is 0 Å². The first-order chi connectivity index (χ1) is 14.5. The smallest absolute Gasteiger partial charge is 0.240 e. The molecule has 0 aliphatic carbocycles. The van der Waals surface area contributed by atoms with Crippen molar-refractivity contribution in [3.8, 4) is 0 Å². The maximum Gasteiger partial charge on any atom is 0.240 e. The van der Waals surface area contributed by atoms with Crippen LogP contribution in [0.5, 0.6) is 0 Å². The number of nitrogens with zero attached hydrogens (tertiary/aromatic N) is 1. The molecule has 172 valence electrons. The average Bonchev–Trinajstić information content (AvgIpc) is 2.76. The molecule has 2 aromatic rings. The Morgan fingerprint density at radius 1 is 1.00 bits per heavy atom. The molecule has 3 N–H and O–H groups in total. The summed E-state index contributed by atoms with van der Waals surface area (Å²) in [4.78, 5) is 4.83. The van der Waals surface area contributed by atoms with Crippen molar-refractivity contribution < 1.29 is 13.2 Å². The van der Waals surface area contributed by atoms with Crippen LogP contribution in [0.25, 0.3) is 0 Å². The van der Waals surface area contributed by atoms with Gasteiger partial charge in [0.1, 0.15) is 0 Å². The minimum absolute atomic E-state index is 0. The Morgan fingerprint density at radius 2 is 1.65 bits per heavy atom. The van der Waals surface area contributed by atoms with Gasteiger partial charge < -0.3 is 15.4 Å². The molecule has 0 spiro atoms. The first-order valence-corrected chi connectivity index (χ1v) is 11.7. The van der Waals surface area contributed by atoms with Crippen molar-refractivity contribution in [2.24, 2.45) is 10.9 Å². The van der Waals surface area contributed by atoms with Crippen LogP contribution in [0.15, 0.2) is 70.6 Å². The summed E-state index contributed by atoms with van der Waals surface area (Å²) in [5.41, 5.74) is 1.15. The number of guanidine groups is 1. The van der Waals surface area contributed by atoms with Crippen molar-refractivity contribution in [2.75, 3.05) is 32.8 Å². The standard InChI is InChI=1S/C22H32N4O3S.HI/c1-3-23-22(24-14-15-26-30(27,28)21-12-8-5-9-13-21)25-16-19(2)17-29-18-20-10-6-4-7-11-20;/h4-13,19,26H,3,14-18H2,1-2H3,(H2,23,24,25);1H. The number of aliphatic imine (C=N–C) groups is 1. The second kappa shape index (κ2) is 15.2. The van der Waals surface area contributed by atoms with E-state index in [4.69, 9.17) is 4.74 Å². The quantitative estimate of drug-likeness (QED) is 0.161. The van der Waals surface area contributed by atoms with E-state index in [-0.39, 0.29) is 41.3 Å². The van der Waals surface area contributed by atoms with Gasteiger partial charge in [0, 0.05) is 26.2 Å². The van der Waals surface area contributed by atoms with Crippen molar-refractivity contribution in [3.05, 3.63) is 66.2 Å². The maximum absolute atomic E-state index is 12.2. The highest BCUT2D eigenvalue weighted by Gasteiger charge is 2.12. The Hall–Kier alpha value is -1.69. The van der Waals surface area contributed by atoms with E-state index in [9.17, 15) is 8.42 Å². The van der Waals surface area contributed by atoms with Crippen LogP contribution < -0.4 is 15.4 Å². The molecular weight excluding hydrogens is 527 g/mol. The summed E-state index contributed by atoms with van der Waals surface area (Å²) in [6, 6.07) is 18.4. The fourth-order valence-electron chi connectivity index (χ4n) is 2.64. The molecule has 0 aliphatic rings. The summed E-state index contributed by atoms with van der Waals surface area (Å²) in [5.74, 6) is 0.923. The summed E-state index contributed by atoms with van der Waals surface area (Å²) in [7, 11) is -3.50. The fourth-order valence-corrected chi connectivity index (χ4v) is 3.70. The predicted molar refractivity (Wildman–Crippen MR) is 136 cm³/mol. The zero-order valence-electron chi connectivity index (χ0n) is 18.1. The molecule has 9 heteroatoms. The van der Waals surface area contributed by atoms with Crippen LogP contribution in [0, 0.1) is 5.92 Å². The Balaban J connectivity index is 0.00000480. The maximum atomic E-state index is 12.2. The van der Waals surface area contributed by atoms with Gasteiger partial charge in [-0.2, -0.15) is 0 Å². The molecule has 1 unspecified atom stereocenters. The van der Waals surface area contributed by atoms with Crippen LogP contribution >= 0.6 is 24.0 Å². The molecule has 2 aromatic carbocycles. The normalized spacial score (nSPS) is 12.6. The average molecular weight is 561 g/mol. The van der Waals surface area contributed by atoms with Crippen molar-refractivity contribution in [1.29, 1.82) is 0 Å². The third-order valence-electron chi connectivity index (χ3n) is 4.18. The van der Waals surface area contributed by atoms with E-state index in [0.717, 1.165) is 12.1 Å². The van der Waals surface area contributed by atoms with Crippen LogP contribution in [0.4, 0.5) is 0 Å². The Morgan fingerprint density at radius 3 is 2.29 bits per heavy atom. The molecule has 0 heterocycles. The largest absolute Gasteiger partial charge is 0.376 e. The minimum atomic E-state index is -3.50. The number of ether oxygens (including phenoxy) is 1. The van der Waals surface area contributed by atoms with Gasteiger partial charge in [-0.25, -0.2) is 13.1 Å². The van der Waals surface area contributed by atoms with Crippen LogP contribution in [0.3, 0.4) is 0 Å². The first kappa shape index (κ1) is 27.3. The molecule has 0 radical (unpaired) electrons. The lowest BCUT2D eigenvalue weighted by Crippen LogP contribution is -2.41. The molecule has 0 amide bonds. The number of halogens is 1. The minimum Gasteiger partial charge on any atom is -0.376 e. The summed E-state index contributed by atoms with van der Waals surface area (Å²) in [6.45, 7) is 7.31. The number of hydrogen-bond donors (Lipinski definition) is 3. The van der Waals surface area contributed by atoms with E-state index < -0.39 is 10.0 Å². The fraction of sp³-hybridized carbons (Fsp3) is 0.409. The molecule has 0 fully saturated rings. The summed E-state index contributed by atoms with van der Waals surface area (Å²) in [5, 5.41) is 6.32. The van der Waals surface area contributed by atoms with Crippen LogP contribution in [0.1, 0.15) is 19.4 Å². The zero-order valence-corrected chi connectivity index (χ0v) is 21.2. The highest BCUT2D eigenvalue weighted by Crippen LogP contribution is 2.06. The number of hydrogen-bond acceptors (Lipinski definition) is 4. The van der Waals surface area contributed by atoms with Gasteiger partial charge in [-0.3, -0.25) is 4.99 Å². The first-order valence-electron chi connectivity index (χ1n) is 10.2. The number of benzene rings is 2. The van der Waals surface area contributed by atoms with Crippen molar-refractivity contribution in [1.82, 2.24) is 15.4 Å². The Kier molecular flexibility index (Phi) is 13.4. The topological polar surface area (TPSA) is 91.8 Å². The van der Waals surface area contributed by atoms with Gasteiger partial charge in [0.2, 0.25) is 10.0 Å². The monoisotopic (exact) mass is 560 g/mol. The van der Waals surface area contributed by atoms with E-state index in [1.807, 2.05) is 37.3 Å². The lowest BCUT2D eigenvalue weighted by atomic mass is 10.2. The lowest BCUT2D eigenvalue weighted by molar-refractivity contribution is 0.0945. The summed E-state index contributed by atoms with van der Waals surface area (Å²) in [6.07, 6.45) is 0. The number of sulfonamides is 1. The zero-order chi connectivity index (χ0) is 21.7. The van der Waals surface area contributed by atoms with E-state index in [1.54, 1.807) is 30.3 Å². The molecule has 7 nitrogen and oxygen atoms in total. The van der Waals surface area contributed by atoms with Gasteiger partial charge in [-0.15, -0.1) is 24.0 Å². The third-order valence-corrected chi connectivity index (χ3v) is 5.66. The summed E-state index contributed by atoms with van der Waals surface area (Å²) < 4.78 is 32.8. The van der Waals surface area contributed by atoms with Gasteiger partial charge in [-0.05, 0) is 30.5 Å². The molecule has 0 saturated carbocycles. The molecule has 31 heavy (non-hydrogen) atoms. The molecule has 0 aromatic heterocycles. The van der Waals surface area contributed by atoms with Crippen LogP contribution in [0.2, 0.25) is 0 Å². The Labute approximate surface area is 203 Å². The van der Waals surface area contributed by atoms with Crippen molar-refractivity contribution in [2.45, 2.75) is 25.3 Å². The molecule has 0 aliphatic heterocycles. The molecular formula is C22H33IN4O3S. The molecule has 0 bridgehead atoms. The second-order valence-electron chi connectivity index (χ2n) is 6.96.